The van der Waals surface area contributed by atoms with E-state index >= 15 is 0 Å². The summed E-state index contributed by atoms with van der Waals surface area (Å²) in [6, 6.07) is 4.87. The maximum Gasteiger partial charge on any atom is 0.335 e. The highest BCUT2D eigenvalue weighted by Gasteiger charge is 2.65. The van der Waals surface area contributed by atoms with Gasteiger partial charge < -0.3 is 14.1 Å². The van der Waals surface area contributed by atoms with Gasteiger partial charge in [0.25, 0.3) is 5.69 Å². The normalized spacial score (nSPS) is 24.2. The van der Waals surface area contributed by atoms with E-state index in [2.05, 4.69) is 20.8 Å². The standard InChI is InChI=1S/C21H28N2O6S2Si/c1-20(2,3)19(29-32)21(4,5)13-15(24)22-14(18(30)31-16(13)22)17(25)28-10-11-6-8-12(9-7-11)23(26)27/h6-9,13-14,16,19H,10H2,1-5,32H3/t13-,14?,16+,19?/m0/s1. The van der Waals surface area contributed by atoms with Crippen molar-refractivity contribution in [3.63, 3.8) is 0 Å². The summed E-state index contributed by atoms with van der Waals surface area (Å²) in [5.41, 5.74) is 0.00346. The molecule has 0 bridgehead atoms. The Morgan fingerprint density at radius 3 is 2.38 bits per heavy atom. The summed E-state index contributed by atoms with van der Waals surface area (Å²) >= 11 is 6.83. The van der Waals surface area contributed by atoms with E-state index in [0.29, 0.717) is 20.2 Å². The van der Waals surface area contributed by atoms with Gasteiger partial charge in [-0.3, -0.25) is 14.9 Å². The molecule has 8 nitrogen and oxygen atoms in total. The molecule has 2 heterocycles. The number of esters is 1. The lowest BCUT2D eigenvalue weighted by molar-refractivity contribution is -0.384. The number of hydrogen-bond donors (Lipinski definition) is 0. The number of fused-ring (bicyclic) bond motifs is 1. The van der Waals surface area contributed by atoms with Crippen LogP contribution < -0.4 is 0 Å². The zero-order valence-electron chi connectivity index (χ0n) is 19.0. The Morgan fingerprint density at radius 2 is 1.88 bits per heavy atom. The molecule has 1 aromatic rings. The van der Waals surface area contributed by atoms with E-state index in [4.69, 9.17) is 21.4 Å². The van der Waals surface area contributed by atoms with Crippen LogP contribution in [0.4, 0.5) is 5.69 Å². The molecule has 0 saturated carbocycles. The fraction of sp³-hybridized carbons (Fsp3) is 0.571. The van der Waals surface area contributed by atoms with Crippen LogP contribution in [0.1, 0.15) is 40.2 Å². The molecule has 0 spiro atoms. The van der Waals surface area contributed by atoms with Crippen LogP contribution in [0.3, 0.4) is 0 Å². The van der Waals surface area contributed by atoms with E-state index in [-0.39, 0.29) is 41.0 Å². The number of nitro benzene ring substituents is 1. The number of benzene rings is 1. The number of hydrogen-bond acceptors (Lipinski definition) is 8. The first-order valence-electron chi connectivity index (χ1n) is 10.3. The van der Waals surface area contributed by atoms with E-state index in [1.165, 1.54) is 40.9 Å². The third kappa shape index (κ3) is 4.35. The molecule has 1 aromatic carbocycles. The van der Waals surface area contributed by atoms with Gasteiger partial charge in [0.05, 0.1) is 26.5 Å². The number of thiocarbonyl (C=S) groups is 1. The first-order chi connectivity index (χ1) is 14.8. The zero-order chi connectivity index (χ0) is 24.0. The van der Waals surface area contributed by atoms with Crippen molar-refractivity contribution in [2.24, 2.45) is 16.7 Å². The first-order valence-corrected chi connectivity index (χ1v) is 12.4. The van der Waals surface area contributed by atoms with Gasteiger partial charge in [0.15, 0.2) is 6.04 Å². The van der Waals surface area contributed by atoms with Gasteiger partial charge in [0.1, 0.15) is 17.1 Å². The Bertz CT molecular complexity index is 947. The minimum Gasteiger partial charge on any atom is -0.459 e. The highest BCUT2D eigenvalue weighted by Crippen LogP contribution is 2.55. The van der Waals surface area contributed by atoms with Crippen molar-refractivity contribution < 1.29 is 23.7 Å². The Labute approximate surface area is 200 Å². The number of amides is 1. The number of ether oxygens (including phenoxy) is 1. The molecule has 0 N–H and O–H groups in total. The second-order valence-electron chi connectivity index (χ2n) is 9.79. The van der Waals surface area contributed by atoms with E-state index in [9.17, 15) is 19.7 Å². The molecule has 2 unspecified atom stereocenters. The zero-order valence-corrected chi connectivity index (χ0v) is 22.6. The lowest BCUT2D eigenvalue weighted by Gasteiger charge is -2.54. The van der Waals surface area contributed by atoms with Crippen LogP contribution in [0.25, 0.3) is 0 Å². The van der Waals surface area contributed by atoms with Gasteiger partial charge in [-0.25, -0.2) is 4.79 Å². The summed E-state index contributed by atoms with van der Waals surface area (Å²) in [5.74, 6) is -1.01. The van der Waals surface area contributed by atoms with Crippen molar-refractivity contribution in [3.8, 4) is 0 Å². The maximum atomic E-state index is 13.2. The minimum atomic E-state index is -0.900. The number of nitro groups is 1. The van der Waals surface area contributed by atoms with E-state index in [1.807, 2.05) is 13.8 Å². The SMILES string of the molecule is CC(C)(C)C(O[SiH3])C(C)(C)[C@H]1C(=O)N2C(C(=O)OCc3ccc([N+](=O)[O-])cc3)C(=S)S[C@H]12. The molecule has 0 radical (unpaired) electrons. The molecule has 2 saturated heterocycles. The van der Waals surface area contributed by atoms with E-state index < -0.39 is 22.3 Å². The monoisotopic (exact) mass is 496 g/mol. The van der Waals surface area contributed by atoms with Crippen LogP contribution >= 0.6 is 24.0 Å². The van der Waals surface area contributed by atoms with Crippen molar-refractivity contribution in [1.29, 1.82) is 0 Å². The smallest absolute Gasteiger partial charge is 0.335 e. The summed E-state index contributed by atoms with van der Waals surface area (Å²) < 4.78 is 11.8. The lowest BCUT2D eigenvalue weighted by Crippen LogP contribution is -2.68. The van der Waals surface area contributed by atoms with Crippen molar-refractivity contribution in [2.45, 2.75) is 58.7 Å². The van der Waals surface area contributed by atoms with Crippen LogP contribution in [-0.2, 0) is 25.4 Å². The molecule has 0 aliphatic carbocycles. The molecule has 1 amide bonds. The average molecular weight is 497 g/mol. The van der Waals surface area contributed by atoms with Gasteiger partial charge in [-0.15, -0.1) is 0 Å². The largest absolute Gasteiger partial charge is 0.459 e. The lowest BCUT2D eigenvalue weighted by atomic mass is 9.63. The van der Waals surface area contributed by atoms with E-state index in [1.54, 1.807) is 0 Å². The molecule has 2 aliphatic heterocycles. The Morgan fingerprint density at radius 1 is 1.28 bits per heavy atom. The van der Waals surface area contributed by atoms with Gasteiger partial charge in [0.2, 0.25) is 5.91 Å². The van der Waals surface area contributed by atoms with Crippen molar-refractivity contribution >= 4 is 56.2 Å². The quantitative estimate of drug-likeness (QED) is 0.142. The molecule has 11 heteroatoms. The fourth-order valence-electron chi connectivity index (χ4n) is 4.96. The molecule has 0 aromatic heterocycles. The molecule has 3 rings (SSSR count). The molecule has 174 valence electrons. The molecule has 2 aliphatic rings. The second kappa shape index (κ2) is 8.84. The molecular weight excluding hydrogens is 468 g/mol. The number of nitrogens with zero attached hydrogens (tertiary/aromatic N) is 2. The van der Waals surface area contributed by atoms with Crippen molar-refractivity contribution in [2.75, 3.05) is 0 Å². The Kier molecular flexibility index (Phi) is 6.86. The Hall–Kier alpha value is -1.82. The number of rotatable bonds is 7. The number of carbonyl (C=O) groups is 2. The summed E-state index contributed by atoms with van der Waals surface area (Å²) in [5, 5.41) is 10.5. The second-order valence-corrected chi connectivity index (χ2v) is 12.1. The topological polar surface area (TPSA) is 99.0 Å². The van der Waals surface area contributed by atoms with Crippen LogP contribution in [-0.4, -0.2) is 53.9 Å². The Balaban J connectivity index is 1.70. The number of non-ortho nitro benzene ring substituents is 1. The van der Waals surface area contributed by atoms with Gasteiger partial charge in [-0.05, 0) is 23.1 Å². The average Bonchev–Trinajstić information content (AvgIpc) is 2.97. The maximum absolute atomic E-state index is 13.2. The summed E-state index contributed by atoms with van der Waals surface area (Å²) in [6.07, 6.45) is -0.111. The number of β-lactam (4-membered cyclic amide) rings is 1. The molecule has 32 heavy (non-hydrogen) atoms. The van der Waals surface area contributed by atoms with Crippen LogP contribution in [0.5, 0.6) is 0 Å². The van der Waals surface area contributed by atoms with Crippen molar-refractivity contribution in [1.82, 2.24) is 4.90 Å². The summed E-state index contributed by atoms with van der Waals surface area (Å²) in [7, 11) is 0.561. The molecular formula is C21H28N2O6S2Si. The highest BCUT2D eigenvalue weighted by atomic mass is 32.2. The van der Waals surface area contributed by atoms with Crippen LogP contribution in [0.2, 0.25) is 0 Å². The predicted molar refractivity (Wildman–Crippen MR) is 129 cm³/mol. The predicted octanol–water partition coefficient (Wildman–Crippen LogP) is 2.60. The number of thioether (sulfide) groups is 1. The van der Waals surface area contributed by atoms with E-state index in [0.717, 1.165) is 0 Å². The van der Waals surface area contributed by atoms with Crippen molar-refractivity contribution in [3.05, 3.63) is 39.9 Å². The summed E-state index contributed by atoms with van der Waals surface area (Å²) in [6.45, 7) is 10.3. The minimum absolute atomic E-state index is 0.0385. The van der Waals surface area contributed by atoms with Crippen LogP contribution in [0, 0.1) is 26.9 Å². The first kappa shape index (κ1) is 24.8. The summed E-state index contributed by atoms with van der Waals surface area (Å²) in [4.78, 5) is 37.8. The third-order valence-corrected chi connectivity index (χ3v) is 8.25. The van der Waals surface area contributed by atoms with Gasteiger partial charge in [-0.2, -0.15) is 0 Å². The van der Waals surface area contributed by atoms with Crippen LogP contribution in [0.15, 0.2) is 24.3 Å². The van der Waals surface area contributed by atoms with Gasteiger partial charge >= 0.3 is 5.97 Å². The molecule has 4 atom stereocenters. The third-order valence-electron chi connectivity index (χ3n) is 6.07. The van der Waals surface area contributed by atoms with Gasteiger partial charge in [-0.1, -0.05) is 58.6 Å². The number of carbonyl (C=O) groups excluding carboxylic acids is 2. The highest BCUT2D eigenvalue weighted by molar-refractivity contribution is 8.24. The fourth-order valence-corrected chi connectivity index (χ4v) is 8.30. The molecule has 2 fully saturated rings. The van der Waals surface area contributed by atoms with Gasteiger partial charge in [0, 0.05) is 17.5 Å².